The van der Waals surface area contributed by atoms with Crippen molar-refractivity contribution in [3.63, 3.8) is 0 Å². The van der Waals surface area contributed by atoms with Gasteiger partial charge in [-0.05, 0) is 12.1 Å². The van der Waals surface area contributed by atoms with Crippen LogP contribution in [-0.2, 0) is 4.79 Å². The van der Waals surface area contributed by atoms with Crippen molar-refractivity contribution < 1.29 is 24.3 Å². The van der Waals surface area contributed by atoms with Crippen molar-refractivity contribution in [1.82, 2.24) is 15.1 Å². The molecule has 0 aromatic heterocycles. The molecular formula is C15H17N3O5. The number of urea groups is 1. The second-order valence-electron chi connectivity index (χ2n) is 5.10. The van der Waals surface area contributed by atoms with E-state index in [1.807, 2.05) is 0 Å². The Morgan fingerprint density at radius 1 is 1.17 bits per heavy atom. The van der Waals surface area contributed by atoms with Crippen LogP contribution in [0.15, 0.2) is 24.3 Å². The quantitative estimate of drug-likeness (QED) is 0.738. The van der Waals surface area contributed by atoms with Gasteiger partial charge in [0.05, 0.1) is 17.5 Å². The van der Waals surface area contributed by atoms with Crippen molar-refractivity contribution >= 4 is 23.8 Å². The molecule has 0 radical (unpaired) electrons. The predicted molar refractivity (Wildman–Crippen MR) is 80.1 cm³/mol. The number of hydrogen-bond donors (Lipinski definition) is 2. The normalized spacial score (nSPS) is 13.0. The van der Waals surface area contributed by atoms with Crippen LogP contribution in [0.1, 0.15) is 27.1 Å². The highest BCUT2D eigenvalue weighted by Crippen LogP contribution is 2.21. The monoisotopic (exact) mass is 319 g/mol. The number of fused-ring (bicyclic) bond motifs is 1. The Labute approximate surface area is 132 Å². The highest BCUT2D eigenvalue weighted by molar-refractivity contribution is 6.21. The standard InChI is InChI=1S/C15H17N3O5/c1-17(8-6-12(19)20)15(23)16-7-9-18-13(21)10-4-2-3-5-11(10)14(18)22/h2-5H,6-9H2,1H3,(H,16,23)(H,19,20). The van der Waals surface area contributed by atoms with Crippen LogP contribution in [0.3, 0.4) is 0 Å². The van der Waals surface area contributed by atoms with E-state index in [2.05, 4.69) is 5.32 Å². The molecule has 0 unspecified atom stereocenters. The predicted octanol–water partition coefficient (Wildman–Crippen LogP) is 0.399. The van der Waals surface area contributed by atoms with Crippen LogP contribution >= 0.6 is 0 Å². The minimum Gasteiger partial charge on any atom is -0.481 e. The smallest absolute Gasteiger partial charge is 0.317 e. The van der Waals surface area contributed by atoms with Crippen molar-refractivity contribution in [2.24, 2.45) is 0 Å². The Morgan fingerprint density at radius 2 is 1.74 bits per heavy atom. The number of hydrogen-bond acceptors (Lipinski definition) is 4. The maximum Gasteiger partial charge on any atom is 0.317 e. The maximum atomic E-state index is 12.1. The average Bonchev–Trinajstić information content (AvgIpc) is 2.77. The molecule has 2 rings (SSSR count). The van der Waals surface area contributed by atoms with Crippen LogP contribution in [-0.4, -0.2) is 65.4 Å². The summed E-state index contributed by atoms with van der Waals surface area (Å²) in [7, 11) is 1.47. The van der Waals surface area contributed by atoms with Crippen LogP contribution in [0.25, 0.3) is 0 Å². The van der Waals surface area contributed by atoms with Gasteiger partial charge in [0.15, 0.2) is 0 Å². The van der Waals surface area contributed by atoms with E-state index in [1.165, 1.54) is 11.9 Å². The average molecular weight is 319 g/mol. The van der Waals surface area contributed by atoms with Crippen molar-refractivity contribution in [2.75, 3.05) is 26.7 Å². The fourth-order valence-electron chi connectivity index (χ4n) is 2.22. The van der Waals surface area contributed by atoms with Crippen molar-refractivity contribution in [2.45, 2.75) is 6.42 Å². The molecule has 1 aromatic carbocycles. The number of carbonyl (C=O) groups excluding carboxylic acids is 3. The summed E-state index contributed by atoms with van der Waals surface area (Å²) in [4.78, 5) is 48.7. The van der Waals surface area contributed by atoms with Gasteiger partial charge in [0, 0.05) is 26.7 Å². The topological polar surface area (TPSA) is 107 Å². The lowest BCUT2D eigenvalue weighted by Gasteiger charge is -2.19. The molecule has 0 saturated heterocycles. The largest absolute Gasteiger partial charge is 0.481 e. The maximum absolute atomic E-state index is 12.1. The molecule has 0 spiro atoms. The molecule has 0 fully saturated rings. The molecule has 122 valence electrons. The van der Waals surface area contributed by atoms with E-state index < -0.39 is 12.0 Å². The molecule has 23 heavy (non-hydrogen) atoms. The Bertz CT molecular complexity index is 623. The molecule has 1 aliphatic heterocycles. The van der Waals surface area contributed by atoms with E-state index in [-0.39, 0.29) is 37.9 Å². The van der Waals surface area contributed by atoms with E-state index in [4.69, 9.17) is 5.11 Å². The number of imide groups is 1. The summed E-state index contributed by atoms with van der Waals surface area (Å²) in [6.07, 6.45) is -0.150. The van der Waals surface area contributed by atoms with E-state index >= 15 is 0 Å². The van der Waals surface area contributed by atoms with Crippen LogP contribution in [0.2, 0.25) is 0 Å². The van der Waals surface area contributed by atoms with Gasteiger partial charge in [-0.3, -0.25) is 19.3 Å². The second kappa shape index (κ2) is 6.91. The first kappa shape index (κ1) is 16.5. The minimum absolute atomic E-state index is 0.0604. The Hall–Kier alpha value is -2.90. The van der Waals surface area contributed by atoms with E-state index in [0.717, 1.165) is 4.90 Å². The first-order valence-electron chi connectivity index (χ1n) is 7.08. The third kappa shape index (κ3) is 3.65. The van der Waals surface area contributed by atoms with Crippen LogP contribution in [0.4, 0.5) is 4.79 Å². The van der Waals surface area contributed by atoms with Crippen LogP contribution in [0, 0.1) is 0 Å². The highest BCUT2D eigenvalue weighted by Gasteiger charge is 2.34. The number of nitrogens with zero attached hydrogens (tertiary/aromatic N) is 2. The number of benzene rings is 1. The lowest BCUT2D eigenvalue weighted by atomic mass is 10.1. The lowest BCUT2D eigenvalue weighted by Crippen LogP contribution is -2.43. The summed E-state index contributed by atoms with van der Waals surface area (Å²) >= 11 is 0. The van der Waals surface area contributed by atoms with E-state index in [1.54, 1.807) is 24.3 Å². The molecule has 8 nitrogen and oxygen atoms in total. The summed E-state index contributed by atoms with van der Waals surface area (Å²) in [6, 6.07) is 6.10. The van der Waals surface area contributed by atoms with Crippen molar-refractivity contribution in [1.29, 1.82) is 0 Å². The van der Waals surface area contributed by atoms with Crippen molar-refractivity contribution in [3.05, 3.63) is 35.4 Å². The Morgan fingerprint density at radius 3 is 2.26 bits per heavy atom. The van der Waals surface area contributed by atoms with Crippen LogP contribution < -0.4 is 5.32 Å². The van der Waals surface area contributed by atoms with Gasteiger partial charge in [0.2, 0.25) is 0 Å². The van der Waals surface area contributed by atoms with Gasteiger partial charge < -0.3 is 15.3 Å². The SMILES string of the molecule is CN(CCC(=O)O)C(=O)NCCN1C(=O)c2ccccc2C1=O. The summed E-state index contributed by atoms with van der Waals surface area (Å²) in [5.41, 5.74) is 0.727. The number of amides is 4. The van der Waals surface area contributed by atoms with Gasteiger partial charge in [-0.15, -0.1) is 0 Å². The fraction of sp³-hybridized carbons (Fsp3) is 0.333. The van der Waals surface area contributed by atoms with Gasteiger partial charge in [-0.25, -0.2) is 4.79 Å². The summed E-state index contributed by atoms with van der Waals surface area (Å²) in [6.45, 7) is 0.237. The first-order chi connectivity index (χ1) is 10.9. The summed E-state index contributed by atoms with van der Waals surface area (Å²) in [5, 5.41) is 11.1. The van der Waals surface area contributed by atoms with Gasteiger partial charge in [0.25, 0.3) is 11.8 Å². The van der Waals surface area contributed by atoms with Gasteiger partial charge in [-0.2, -0.15) is 0 Å². The van der Waals surface area contributed by atoms with Gasteiger partial charge in [0.1, 0.15) is 0 Å². The molecule has 0 atom stereocenters. The molecule has 1 heterocycles. The third-order valence-corrected chi connectivity index (χ3v) is 3.50. The highest BCUT2D eigenvalue weighted by atomic mass is 16.4. The number of carboxylic acid groups (broad SMARTS) is 1. The molecule has 4 amide bonds. The van der Waals surface area contributed by atoms with E-state index in [9.17, 15) is 19.2 Å². The number of carbonyl (C=O) groups is 4. The number of nitrogens with one attached hydrogen (secondary N) is 1. The zero-order valence-corrected chi connectivity index (χ0v) is 12.6. The van der Waals surface area contributed by atoms with Crippen molar-refractivity contribution in [3.8, 4) is 0 Å². The third-order valence-electron chi connectivity index (χ3n) is 3.50. The second-order valence-corrected chi connectivity index (χ2v) is 5.10. The molecule has 8 heteroatoms. The minimum atomic E-state index is -0.990. The first-order valence-corrected chi connectivity index (χ1v) is 7.08. The Kier molecular flexibility index (Phi) is 4.95. The molecule has 0 saturated carbocycles. The molecule has 2 N–H and O–H groups in total. The van der Waals surface area contributed by atoms with Gasteiger partial charge in [-0.1, -0.05) is 12.1 Å². The fourth-order valence-corrected chi connectivity index (χ4v) is 2.22. The molecule has 0 bridgehead atoms. The molecule has 0 aliphatic carbocycles. The van der Waals surface area contributed by atoms with Crippen LogP contribution in [0.5, 0.6) is 0 Å². The molecular weight excluding hydrogens is 302 g/mol. The number of rotatable bonds is 6. The summed E-state index contributed by atoms with van der Waals surface area (Å²) < 4.78 is 0. The van der Waals surface area contributed by atoms with Gasteiger partial charge >= 0.3 is 12.0 Å². The number of carboxylic acids is 1. The number of aliphatic carboxylic acids is 1. The molecule has 1 aromatic rings. The Balaban J connectivity index is 1.83. The lowest BCUT2D eigenvalue weighted by molar-refractivity contribution is -0.137. The molecule has 1 aliphatic rings. The van der Waals surface area contributed by atoms with E-state index in [0.29, 0.717) is 11.1 Å². The zero-order chi connectivity index (χ0) is 17.0. The summed E-state index contributed by atoms with van der Waals surface area (Å²) in [5.74, 6) is -1.74. The zero-order valence-electron chi connectivity index (χ0n) is 12.6.